The molecule has 0 spiro atoms. The Bertz CT molecular complexity index is 1270. The summed E-state index contributed by atoms with van der Waals surface area (Å²) in [5, 5.41) is 6.37. The molecular weight excluding hydrogens is 406 g/mol. The lowest BCUT2D eigenvalue weighted by atomic mass is 10.1. The molecule has 0 aliphatic rings. The number of hydrogen-bond donors (Lipinski definition) is 3. The summed E-state index contributed by atoms with van der Waals surface area (Å²) in [7, 11) is 1.77. The number of aromatic nitrogens is 4. The predicted molar refractivity (Wildman–Crippen MR) is 115 cm³/mol. The van der Waals surface area contributed by atoms with Crippen LogP contribution in [0.1, 0.15) is 15.9 Å². The first kappa shape index (κ1) is 19.3. The molecule has 1 aromatic carbocycles. The number of halogens is 1. The summed E-state index contributed by atoms with van der Waals surface area (Å²) in [5.41, 5.74) is 8.08. The highest BCUT2D eigenvalue weighted by atomic mass is 35.5. The Morgan fingerprint density at radius 2 is 1.80 bits per heavy atom. The third-order valence-electron chi connectivity index (χ3n) is 4.39. The second-order valence-corrected chi connectivity index (χ2v) is 6.93. The van der Waals surface area contributed by atoms with E-state index in [9.17, 15) is 9.59 Å². The van der Waals surface area contributed by atoms with Crippen molar-refractivity contribution in [3.63, 3.8) is 0 Å². The summed E-state index contributed by atoms with van der Waals surface area (Å²) in [6, 6.07) is 7.73. The van der Waals surface area contributed by atoms with Crippen molar-refractivity contribution in [2.45, 2.75) is 0 Å². The summed E-state index contributed by atoms with van der Waals surface area (Å²) in [4.78, 5) is 37.5. The van der Waals surface area contributed by atoms with E-state index in [0.29, 0.717) is 33.0 Å². The zero-order chi connectivity index (χ0) is 21.3. The fraction of sp³-hybridized carbons (Fsp3) is 0.0500. The number of ketones is 1. The predicted octanol–water partition coefficient (Wildman–Crippen LogP) is 3.47. The van der Waals surface area contributed by atoms with Crippen molar-refractivity contribution in [2.24, 2.45) is 7.05 Å². The van der Waals surface area contributed by atoms with Gasteiger partial charge in [0.25, 0.3) is 0 Å². The molecule has 0 saturated carbocycles. The maximum absolute atomic E-state index is 13.1. The molecule has 10 heteroatoms. The summed E-state index contributed by atoms with van der Waals surface area (Å²) in [6.07, 6.45) is 5.85. The molecule has 3 heterocycles. The minimum Gasteiger partial charge on any atom is -0.383 e. The van der Waals surface area contributed by atoms with E-state index in [1.54, 1.807) is 42.1 Å². The fourth-order valence-electron chi connectivity index (χ4n) is 3.02. The highest BCUT2D eigenvalue weighted by Gasteiger charge is 2.20. The summed E-state index contributed by atoms with van der Waals surface area (Å²) in [6.45, 7) is 0. The van der Waals surface area contributed by atoms with Gasteiger partial charge in [0, 0.05) is 35.7 Å². The van der Waals surface area contributed by atoms with E-state index >= 15 is 0 Å². The first-order valence-electron chi connectivity index (χ1n) is 8.81. The van der Waals surface area contributed by atoms with Crippen molar-refractivity contribution in [1.29, 1.82) is 0 Å². The third kappa shape index (κ3) is 3.78. The highest BCUT2D eigenvalue weighted by Crippen LogP contribution is 2.26. The normalized spacial score (nSPS) is 10.7. The summed E-state index contributed by atoms with van der Waals surface area (Å²) in [5.74, 6) is -0.0927. The van der Waals surface area contributed by atoms with Crippen LogP contribution in [0.25, 0.3) is 11.0 Å². The van der Waals surface area contributed by atoms with E-state index in [2.05, 4.69) is 25.6 Å². The molecule has 4 rings (SSSR count). The van der Waals surface area contributed by atoms with Gasteiger partial charge < -0.3 is 20.9 Å². The van der Waals surface area contributed by atoms with Gasteiger partial charge in [-0.3, -0.25) is 9.78 Å². The van der Waals surface area contributed by atoms with Crippen LogP contribution >= 0.6 is 11.6 Å². The molecule has 0 unspecified atom stereocenters. The molecule has 0 aliphatic heterocycles. The number of benzene rings is 1. The van der Waals surface area contributed by atoms with Gasteiger partial charge in [0.05, 0.1) is 22.8 Å². The second-order valence-electron chi connectivity index (χ2n) is 6.49. The number of carbonyl (C=O) groups is 2. The number of carbonyl (C=O) groups excluding carboxylic acids is 2. The standard InChI is InChI=1S/C20H16ClN7O2/c1-28-9-15(16-18(22)24-10-25-19(16)28)17(29)11-6-14(8-23-7-11)27-20(30)26-13-4-2-12(21)3-5-13/h2-10H,1H3,(H2,22,24,25)(H2,26,27,30). The quantitative estimate of drug-likeness (QED) is 0.433. The molecule has 0 saturated heterocycles. The Kier molecular flexibility index (Phi) is 5.03. The summed E-state index contributed by atoms with van der Waals surface area (Å²) < 4.78 is 1.70. The minimum atomic E-state index is -0.480. The van der Waals surface area contributed by atoms with Gasteiger partial charge in [-0.15, -0.1) is 0 Å². The zero-order valence-corrected chi connectivity index (χ0v) is 16.5. The van der Waals surface area contributed by atoms with Gasteiger partial charge in [-0.2, -0.15) is 0 Å². The van der Waals surface area contributed by atoms with Crippen molar-refractivity contribution in [3.8, 4) is 0 Å². The number of nitrogens with two attached hydrogens (primary N) is 1. The van der Waals surface area contributed by atoms with E-state index in [4.69, 9.17) is 17.3 Å². The van der Waals surface area contributed by atoms with Crippen molar-refractivity contribution in [3.05, 3.63) is 71.4 Å². The monoisotopic (exact) mass is 421 g/mol. The first-order chi connectivity index (χ1) is 14.4. The third-order valence-corrected chi connectivity index (χ3v) is 4.64. The molecule has 4 N–H and O–H groups in total. The highest BCUT2D eigenvalue weighted by molar-refractivity contribution is 6.30. The van der Waals surface area contributed by atoms with Crippen LogP contribution in [-0.4, -0.2) is 31.3 Å². The molecule has 9 nitrogen and oxygen atoms in total. The van der Waals surface area contributed by atoms with Gasteiger partial charge in [-0.05, 0) is 30.3 Å². The number of hydrogen-bond acceptors (Lipinski definition) is 6. The Morgan fingerprint density at radius 1 is 1.07 bits per heavy atom. The number of amides is 2. The molecule has 4 aromatic rings. The van der Waals surface area contributed by atoms with Gasteiger partial charge in [0.1, 0.15) is 17.8 Å². The van der Waals surface area contributed by atoms with Crippen molar-refractivity contribution in [2.75, 3.05) is 16.4 Å². The average Bonchev–Trinajstić information content (AvgIpc) is 3.07. The van der Waals surface area contributed by atoms with Crippen LogP contribution in [0.5, 0.6) is 0 Å². The molecular formula is C20H16ClN7O2. The van der Waals surface area contributed by atoms with E-state index in [0.717, 1.165) is 0 Å². The molecule has 150 valence electrons. The number of rotatable bonds is 4. The Labute approximate surface area is 175 Å². The lowest BCUT2D eigenvalue weighted by molar-refractivity contribution is 0.103. The van der Waals surface area contributed by atoms with Crippen LogP contribution in [0.3, 0.4) is 0 Å². The van der Waals surface area contributed by atoms with Gasteiger partial charge in [-0.25, -0.2) is 14.8 Å². The first-order valence-corrected chi connectivity index (χ1v) is 9.19. The maximum Gasteiger partial charge on any atom is 0.323 e. The summed E-state index contributed by atoms with van der Waals surface area (Å²) >= 11 is 5.84. The number of nitrogen functional groups attached to an aromatic ring is 1. The molecule has 3 aromatic heterocycles. The largest absolute Gasteiger partial charge is 0.383 e. The minimum absolute atomic E-state index is 0.216. The lowest BCUT2D eigenvalue weighted by Gasteiger charge is -2.08. The van der Waals surface area contributed by atoms with Crippen molar-refractivity contribution in [1.82, 2.24) is 19.5 Å². The number of fused-ring (bicyclic) bond motifs is 1. The molecule has 0 bridgehead atoms. The molecule has 0 radical (unpaired) electrons. The van der Waals surface area contributed by atoms with Gasteiger partial charge >= 0.3 is 6.03 Å². The average molecular weight is 422 g/mol. The van der Waals surface area contributed by atoms with Crippen LogP contribution in [0.2, 0.25) is 5.02 Å². The second kappa shape index (κ2) is 7.80. The number of pyridine rings is 1. The molecule has 0 atom stereocenters. The number of aryl methyl sites for hydroxylation is 1. The Morgan fingerprint density at radius 3 is 2.57 bits per heavy atom. The van der Waals surface area contributed by atoms with E-state index in [1.807, 2.05) is 0 Å². The Hall–Kier alpha value is -3.98. The van der Waals surface area contributed by atoms with E-state index < -0.39 is 6.03 Å². The van der Waals surface area contributed by atoms with Crippen LogP contribution in [0, 0.1) is 0 Å². The van der Waals surface area contributed by atoms with E-state index in [-0.39, 0.29) is 17.2 Å². The van der Waals surface area contributed by atoms with Gasteiger partial charge in [0.2, 0.25) is 0 Å². The van der Waals surface area contributed by atoms with Crippen LogP contribution in [-0.2, 0) is 7.05 Å². The number of anilines is 3. The Balaban J connectivity index is 1.57. The number of urea groups is 1. The van der Waals surface area contributed by atoms with Crippen molar-refractivity contribution < 1.29 is 9.59 Å². The van der Waals surface area contributed by atoms with Crippen LogP contribution in [0.15, 0.2) is 55.2 Å². The SMILES string of the molecule is Cn1cc(C(=O)c2cncc(NC(=O)Nc3ccc(Cl)cc3)c2)c2c(N)ncnc21. The van der Waals surface area contributed by atoms with Crippen molar-refractivity contribution >= 4 is 51.6 Å². The number of nitrogens with one attached hydrogen (secondary N) is 2. The molecule has 0 fully saturated rings. The van der Waals surface area contributed by atoms with E-state index in [1.165, 1.54) is 24.8 Å². The molecule has 30 heavy (non-hydrogen) atoms. The van der Waals surface area contributed by atoms with Crippen LogP contribution in [0.4, 0.5) is 22.0 Å². The smallest absolute Gasteiger partial charge is 0.323 e. The fourth-order valence-corrected chi connectivity index (χ4v) is 3.15. The van der Waals surface area contributed by atoms with Crippen LogP contribution < -0.4 is 16.4 Å². The topological polar surface area (TPSA) is 128 Å². The number of nitrogens with zero attached hydrogens (tertiary/aromatic N) is 4. The molecule has 2 amide bonds. The zero-order valence-electron chi connectivity index (χ0n) is 15.8. The van der Waals surface area contributed by atoms with Gasteiger partial charge in [-0.1, -0.05) is 11.6 Å². The maximum atomic E-state index is 13.1. The lowest BCUT2D eigenvalue weighted by Crippen LogP contribution is -2.19. The van der Waals surface area contributed by atoms with Gasteiger partial charge in [0.15, 0.2) is 5.78 Å². The molecule has 0 aliphatic carbocycles.